The number of benzene rings is 2. The first kappa shape index (κ1) is 20.4. The molecule has 3 aromatic heterocycles. The Labute approximate surface area is 193 Å². The van der Waals surface area contributed by atoms with Gasteiger partial charge in [0.25, 0.3) is 0 Å². The smallest absolute Gasteiger partial charge is 0.247 e. The van der Waals surface area contributed by atoms with Crippen LogP contribution in [0.3, 0.4) is 0 Å². The van der Waals surface area contributed by atoms with E-state index in [1.807, 2.05) is 47.0 Å². The summed E-state index contributed by atoms with van der Waals surface area (Å²) in [7, 11) is 0. The quantitative estimate of drug-likeness (QED) is 0.303. The van der Waals surface area contributed by atoms with Crippen molar-refractivity contribution in [3.05, 3.63) is 89.5 Å². The fourth-order valence-electron chi connectivity index (χ4n) is 3.22. The van der Waals surface area contributed by atoms with Crippen LogP contribution in [0.25, 0.3) is 28.5 Å². The van der Waals surface area contributed by atoms with E-state index in [1.165, 1.54) is 11.8 Å². The van der Waals surface area contributed by atoms with Crippen LogP contribution >= 0.6 is 23.4 Å². The predicted octanol–water partition coefficient (Wildman–Crippen LogP) is 5.63. The highest BCUT2D eigenvalue weighted by Gasteiger charge is 2.19. The van der Waals surface area contributed by atoms with Gasteiger partial charge in [-0.15, -0.1) is 20.4 Å². The number of aryl methyl sites for hydroxylation is 1. The van der Waals surface area contributed by atoms with Crippen LogP contribution in [0.1, 0.15) is 11.5 Å². The summed E-state index contributed by atoms with van der Waals surface area (Å²) in [4.78, 5) is 4.23. The van der Waals surface area contributed by atoms with Gasteiger partial charge in [-0.1, -0.05) is 41.6 Å². The van der Waals surface area contributed by atoms with Crippen molar-refractivity contribution in [2.45, 2.75) is 17.8 Å². The molecule has 7 nitrogen and oxygen atoms in total. The Morgan fingerprint density at radius 2 is 1.75 bits per heavy atom. The molecular formula is C23H17ClN6OS. The molecule has 5 rings (SSSR count). The van der Waals surface area contributed by atoms with Crippen molar-refractivity contribution in [3.8, 4) is 28.5 Å². The van der Waals surface area contributed by atoms with E-state index in [2.05, 4.69) is 38.4 Å². The first-order valence-corrected chi connectivity index (χ1v) is 11.2. The van der Waals surface area contributed by atoms with Crippen molar-refractivity contribution in [1.82, 2.24) is 29.9 Å². The number of hydrogen-bond donors (Lipinski definition) is 0. The third kappa shape index (κ3) is 4.15. The molecule has 0 saturated heterocycles. The number of halogens is 1. The first-order valence-electron chi connectivity index (χ1n) is 9.82. The topological polar surface area (TPSA) is 82.5 Å². The number of thioether (sulfide) groups is 1. The molecule has 0 spiro atoms. The Balaban J connectivity index is 1.45. The lowest BCUT2D eigenvalue weighted by molar-refractivity contribution is 0.528. The van der Waals surface area contributed by atoms with Crippen LogP contribution in [0.4, 0.5) is 0 Å². The van der Waals surface area contributed by atoms with Crippen molar-refractivity contribution in [1.29, 1.82) is 0 Å². The lowest BCUT2D eigenvalue weighted by Crippen LogP contribution is -2.02. The number of nitrogens with zero attached hydrogens (tertiary/aromatic N) is 6. The van der Waals surface area contributed by atoms with E-state index in [9.17, 15) is 0 Å². The molecule has 0 radical (unpaired) electrons. The number of para-hydroxylation sites is 1. The van der Waals surface area contributed by atoms with Crippen LogP contribution in [0.15, 0.2) is 82.6 Å². The lowest BCUT2D eigenvalue weighted by Gasteiger charge is -2.12. The standard InChI is InChI=1S/C23H17ClN6OS/c1-15-5-2-3-7-19(15)30-21(17-6-4-12-25-13-17)27-29-23(30)32-14-20-26-28-22(31-20)16-8-10-18(24)11-9-16/h2-13H,14H2,1H3. The largest absolute Gasteiger partial charge is 0.420 e. The summed E-state index contributed by atoms with van der Waals surface area (Å²) in [6.07, 6.45) is 3.52. The third-order valence-electron chi connectivity index (χ3n) is 4.79. The molecule has 0 saturated carbocycles. The highest BCUT2D eigenvalue weighted by atomic mass is 35.5. The fourth-order valence-corrected chi connectivity index (χ4v) is 4.13. The second kappa shape index (κ2) is 8.94. The van der Waals surface area contributed by atoms with Crippen molar-refractivity contribution in [2.24, 2.45) is 0 Å². The minimum absolute atomic E-state index is 0.452. The van der Waals surface area contributed by atoms with E-state index in [1.54, 1.807) is 24.5 Å². The number of rotatable bonds is 6. The van der Waals surface area contributed by atoms with E-state index in [0.29, 0.717) is 22.6 Å². The molecule has 5 aromatic rings. The van der Waals surface area contributed by atoms with E-state index in [0.717, 1.165) is 33.4 Å². The molecule has 0 aliphatic heterocycles. The zero-order chi connectivity index (χ0) is 21.9. The molecule has 0 amide bonds. The van der Waals surface area contributed by atoms with E-state index < -0.39 is 0 Å². The minimum Gasteiger partial charge on any atom is -0.420 e. The van der Waals surface area contributed by atoms with Gasteiger partial charge in [-0.2, -0.15) is 0 Å². The summed E-state index contributed by atoms with van der Waals surface area (Å²) >= 11 is 7.44. The van der Waals surface area contributed by atoms with Gasteiger partial charge in [-0.3, -0.25) is 9.55 Å². The number of aromatic nitrogens is 6. The molecule has 2 aromatic carbocycles. The van der Waals surface area contributed by atoms with Gasteiger partial charge in [0, 0.05) is 28.5 Å². The van der Waals surface area contributed by atoms with Gasteiger partial charge >= 0.3 is 0 Å². The lowest BCUT2D eigenvalue weighted by atomic mass is 10.2. The summed E-state index contributed by atoms with van der Waals surface area (Å²) < 4.78 is 7.87. The monoisotopic (exact) mass is 460 g/mol. The SMILES string of the molecule is Cc1ccccc1-n1c(SCc2nnc(-c3ccc(Cl)cc3)o2)nnc1-c1cccnc1. The van der Waals surface area contributed by atoms with Crippen LogP contribution < -0.4 is 0 Å². The van der Waals surface area contributed by atoms with E-state index in [-0.39, 0.29) is 0 Å². The average molecular weight is 461 g/mol. The highest BCUT2D eigenvalue weighted by Crippen LogP contribution is 2.31. The molecule has 158 valence electrons. The second-order valence-corrected chi connectivity index (χ2v) is 8.35. The maximum atomic E-state index is 5.96. The summed E-state index contributed by atoms with van der Waals surface area (Å²) in [6, 6.07) is 19.3. The van der Waals surface area contributed by atoms with Gasteiger partial charge in [0.05, 0.1) is 11.4 Å². The first-order chi connectivity index (χ1) is 15.7. The summed E-state index contributed by atoms with van der Waals surface area (Å²) in [6.45, 7) is 2.06. The maximum absolute atomic E-state index is 5.96. The molecule has 0 bridgehead atoms. The Kier molecular flexibility index (Phi) is 5.70. The normalized spacial score (nSPS) is 11.1. The van der Waals surface area contributed by atoms with Crippen LogP contribution in [0.2, 0.25) is 5.02 Å². The second-order valence-electron chi connectivity index (χ2n) is 6.97. The molecule has 0 aliphatic carbocycles. The fraction of sp³-hybridized carbons (Fsp3) is 0.0870. The Morgan fingerprint density at radius 1 is 0.906 bits per heavy atom. The van der Waals surface area contributed by atoms with Crippen molar-refractivity contribution in [2.75, 3.05) is 0 Å². The molecule has 32 heavy (non-hydrogen) atoms. The zero-order valence-corrected chi connectivity index (χ0v) is 18.6. The van der Waals surface area contributed by atoms with Gasteiger partial charge < -0.3 is 4.42 Å². The number of hydrogen-bond acceptors (Lipinski definition) is 7. The van der Waals surface area contributed by atoms with Crippen molar-refractivity contribution < 1.29 is 4.42 Å². The third-order valence-corrected chi connectivity index (χ3v) is 5.96. The van der Waals surface area contributed by atoms with Crippen LogP contribution in [0.5, 0.6) is 0 Å². The Morgan fingerprint density at radius 3 is 2.53 bits per heavy atom. The molecule has 0 fully saturated rings. The number of pyridine rings is 1. The maximum Gasteiger partial charge on any atom is 0.247 e. The zero-order valence-electron chi connectivity index (χ0n) is 17.0. The van der Waals surface area contributed by atoms with Gasteiger partial charge in [0.2, 0.25) is 11.8 Å². The molecule has 0 unspecified atom stereocenters. The molecule has 9 heteroatoms. The summed E-state index contributed by atoms with van der Waals surface area (Å²) in [5, 5.41) is 18.6. The predicted molar refractivity (Wildman–Crippen MR) is 124 cm³/mol. The molecular weight excluding hydrogens is 444 g/mol. The molecule has 0 atom stereocenters. The Hall–Kier alpha value is -3.49. The van der Waals surface area contributed by atoms with E-state index >= 15 is 0 Å². The summed E-state index contributed by atoms with van der Waals surface area (Å²) in [5.74, 6) is 2.13. The van der Waals surface area contributed by atoms with Crippen LogP contribution in [0, 0.1) is 6.92 Å². The van der Waals surface area contributed by atoms with Crippen molar-refractivity contribution >= 4 is 23.4 Å². The average Bonchev–Trinajstić information content (AvgIpc) is 3.46. The minimum atomic E-state index is 0.452. The van der Waals surface area contributed by atoms with Gasteiger partial charge in [0.15, 0.2) is 11.0 Å². The van der Waals surface area contributed by atoms with Crippen LogP contribution in [-0.4, -0.2) is 29.9 Å². The highest BCUT2D eigenvalue weighted by molar-refractivity contribution is 7.98. The Bertz CT molecular complexity index is 1350. The van der Waals surface area contributed by atoms with Gasteiger partial charge in [0.1, 0.15) is 0 Å². The van der Waals surface area contributed by atoms with Gasteiger partial charge in [-0.25, -0.2) is 0 Å². The molecule has 0 aliphatic rings. The molecule has 3 heterocycles. The van der Waals surface area contributed by atoms with Crippen molar-refractivity contribution in [3.63, 3.8) is 0 Å². The summed E-state index contributed by atoms with van der Waals surface area (Å²) in [5.41, 5.74) is 3.83. The van der Waals surface area contributed by atoms with Gasteiger partial charge in [-0.05, 0) is 55.0 Å². The molecule has 0 N–H and O–H groups in total. The van der Waals surface area contributed by atoms with Crippen LogP contribution in [-0.2, 0) is 5.75 Å². The van der Waals surface area contributed by atoms with E-state index in [4.69, 9.17) is 16.0 Å².